The third-order valence-electron chi connectivity index (χ3n) is 6.45. The number of carbonyl (C=O) groups excluding carboxylic acids is 4. The smallest absolute Gasteiger partial charge is 0.408 e. The normalized spacial score (nSPS) is 25.9. The highest BCUT2D eigenvalue weighted by Gasteiger charge is 2.61. The van der Waals surface area contributed by atoms with Gasteiger partial charge in [-0.25, -0.2) is 9.59 Å². The first-order chi connectivity index (χ1) is 16.9. The number of unbranched alkanes of at least 4 members (excludes halogenated alkanes) is 3. The van der Waals surface area contributed by atoms with Crippen LogP contribution in [0, 0.1) is 5.92 Å². The van der Waals surface area contributed by atoms with Gasteiger partial charge >= 0.3 is 12.1 Å². The maximum Gasteiger partial charge on any atom is 0.408 e. The maximum atomic E-state index is 13.6. The molecule has 2 rings (SSSR count). The third-order valence-corrected chi connectivity index (χ3v) is 6.45. The number of alkyl carbamates (subject to hydrolysis) is 1. The first-order valence-corrected chi connectivity index (χ1v) is 12.5. The molecule has 10 heteroatoms. The summed E-state index contributed by atoms with van der Waals surface area (Å²) in [7, 11) is 1.24. The molecule has 10 nitrogen and oxygen atoms in total. The molecule has 0 radical (unpaired) electrons. The summed E-state index contributed by atoms with van der Waals surface area (Å²) in [5, 5.41) is 15.7. The Morgan fingerprint density at radius 3 is 2.44 bits per heavy atom. The molecule has 5 atom stereocenters. The van der Waals surface area contributed by atoms with Gasteiger partial charge < -0.3 is 30.1 Å². The fourth-order valence-corrected chi connectivity index (χ4v) is 4.51. The Kier molecular flexibility index (Phi) is 10.1. The van der Waals surface area contributed by atoms with Gasteiger partial charge in [-0.15, -0.1) is 13.2 Å². The predicted octanol–water partition coefficient (Wildman–Crippen LogP) is 2.21. The van der Waals surface area contributed by atoms with Crippen molar-refractivity contribution in [3.8, 4) is 0 Å². The second kappa shape index (κ2) is 12.4. The molecule has 1 saturated carbocycles. The highest BCUT2D eigenvalue weighted by atomic mass is 16.6. The molecule has 2 fully saturated rings. The molecule has 0 unspecified atom stereocenters. The lowest BCUT2D eigenvalue weighted by Gasteiger charge is -2.30. The molecule has 0 spiro atoms. The van der Waals surface area contributed by atoms with Crippen LogP contribution in [0.3, 0.4) is 0 Å². The molecular formula is C26H41N3O7. The number of β-amino-alcohol motifs (C(OH)–C–C–N with tert-alkyl or cyclic N) is 1. The average Bonchev–Trinajstić information content (AvgIpc) is 3.37. The molecule has 0 aromatic carbocycles. The average molecular weight is 508 g/mol. The molecule has 3 N–H and O–H groups in total. The largest absolute Gasteiger partial charge is 0.467 e. The van der Waals surface area contributed by atoms with E-state index < -0.39 is 53.2 Å². The lowest BCUT2D eigenvalue weighted by molar-refractivity contribution is -0.148. The highest BCUT2D eigenvalue weighted by Crippen LogP contribution is 2.45. The van der Waals surface area contributed by atoms with Crippen LogP contribution in [0.25, 0.3) is 0 Å². The van der Waals surface area contributed by atoms with Gasteiger partial charge in [-0.3, -0.25) is 9.59 Å². The van der Waals surface area contributed by atoms with Crippen molar-refractivity contribution < 1.29 is 33.8 Å². The number of methoxy groups -OCH3 is 1. The number of hydrogen-bond acceptors (Lipinski definition) is 7. The number of esters is 1. The first-order valence-electron chi connectivity index (χ1n) is 12.5. The lowest BCUT2D eigenvalue weighted by atomic mass is 10.0. The standard InChI is InChI=1S/C26H41N3O7/c1-7-9-10-11-12-13-19(27-24(34)36-25(3,4)5)22(32)29-16-18(30)14-20(29)21(31)28-26(23(33)35-6)15-17(26)8-2/h7-8,17-20,30H,1-2,9-16H2,3-6H3,(H,27,34)(H,28,31)/t17-,18-,19+,20+,26-/m1/s1. The van der Waals surface area contributed by atoms with Crippen molar-refractivity contribution in [1.29, 1.82) is 0 Å². The van der Waals surface area contributed by atoms with E-state index in [0.29, 0.717) is 19.3 Å². The number of amides is 3. The molecule has 0 aromatic heterocycles. The molecule has 202 valence electrons. The first kappa shape index (κ1) is 29.4. The number of ether oxygens (including phenoxy) is 2. The number of hydrogen-bond donors (Lipinski definition) is 3. The summed E-state index contributed by atoms with van der Waals surface area (Å²) >= 11 is 0. The van der Waals surface area contributed by atoms with Crippen molar-refractivity contribution in [3.05, 3.63) is 25.3 Å². The van der Waals surface area contributed by atoms with Crippen LogP contribution in [0.15, 0.2) is 25.3 Å². The molecule has 0 aromatic rings. The molecule has 1 heterocycles. The van der Waals surface area contributed by atoms with E-state index in [2.05, 4.69) is 23.8 Å². The van der Waals surface area contributed by atoms with Crippen molar-refractivity contribution in [3.63, 3.8) is 0 Å². The van der Waals surface area contributed by atoms with Crippen LogP contribution in [0.5, 0.6) is 0 Å². The Hall–Kier alpha value is -2.88. The Labute approximate surface area is 213 Å². The molecule has 1 saturated heterocycles. The molecule has 2 aliphatic rings. The molecule has 0 bridgehead atoms. The second-order valence-electron chi connectivity index (χ2n) is 10.5. The van der Waals surface area contributed by atoms with Crippen molar-refractivity contribution >= 4 is 23.9 Å². The summed E-state index contributed by atoms with van der Waals surface area (Å²) in [6.45, 7) is 12.5. The van der Waals surface area contributed by atoms with Crippen LogP contribution in [0.2, 0.25) is 0 Å². The van der Waals surface area contributed by atoms with Gasteiger partial charge in [0.2, 0.25) is 11.8 Å². The minimum absolute atomic E-state index is 0.0199. The number of nitrogens with zero attached hydrogens (tertiary/aromatic N) is 1. The van der Waals surface area contributed by atoms with Crippen LogP contribution in [0.4, 0.5) is 4.79 Å². The number of aliphatic hydroxyl groups is 1. The van der Waals surface area contributed by atoms with E-state index in [-0.39, 0.29) is 18.9 Å². The van der Waals surface area contributed by atoms with E-state index in [4.69, 9.17) is 9.47 Å². The van der Waals surface area contributed by atoms with E-state index in [9.17, 15) is 24.3 Å². The lowest BCUT2D eigenvalue weighted by Crippen LogP contribution is -2.56. The van der Waals surface area contributed by atoms with E-state index in [0.717, 1.165) is 19.3 Å². The van der Waals surface area contributed by atoms with Gasteiger partial charge in [0, 0.05) is 18.9 Å². The minimum Gasteiger partial charge on any atom is -0.467 e. The molecule has 3 amide bonds. The Bertz CT molecular complexity index is 853. The summed E-state index contributed by atoms with van der Waals surface area (Å²) in [5.74, 6) is -1.90. The number of likely N-dealkylation sites (tertiary alicyclic amines) is 1. The zero-order valence-electron chi connectivity index (χ0n) is 21.9. The van der Waals surface area contributed by atoms with Gasteiger partial charge in [-0.05, 0) is 46.5 Å². The van der Waals surface area contributed by atoms with Gasteiger partial charge in [0.15, 0.2) is 0 Å². The zero-order valence-corrected chi connectivity index (χ0v) is 21.9. The predicted molar refractivity (Wildman–Crippen MR) is 134 cm³/mol. The van der Waals surface area contributed by atoms with Crippen molar-refractivity contribution in [2.45, 2.75) is 95.0 Å². The monoisotopic (exact) mass is 507 g/mol. The molecule has 1 aliphatic carbocycles. The van der Waals surface area contributed by atoms with Crippen LogP contribution in [-0.4, -0.2) is 76.9 Å². The molecule has 36 heavy (non-hydrogen) atoms. The van der Waals surface area contributed by atoms with Gasteiger partial charge in [0.05, 0.1) is 13.2 Å². The Morgan fingerprint density at radius 1 is 1.19 bits per heavy atom. The van der Waals surface area contributed by atoms with Gasteiger partial charge in [0.25, 0.3) is 0 Å². The van der Waals surface area contributed by atoms with Crippen molar-refractivity contribution in [1.82, 2.24) is 15.5 Å². The van der Waals surface area contributed by atoms with E-state index in [1.807, 2.05) is 6.08 Å². The van der Waals surface area contributed by atoms with Gasteiger partial charge in [0.1, 0.15) is 23.2 Å². The van der Waals surface area contributed by atoms with E-state index in [1.54, 1.807) is 26.8 Å². The zero-order chi connectivity index (χ0) is 27.1. The number of aliphatic hydroxyl groups excluding tert-OH is 1. The number of nitrogens with one attached hydrogen (secondary N) is 2. The fraction of sp³-hybridized carbons (Fsp3) is 0.692. The summed E-state index contributed by atoms with van der Waals surface area (Å²) in [6.07, 6.45) is 5.75. The van der Waals surface area contributed by atoms with E-state index >= 15 is 0 Å². The van der Waals surface area contributed by atoms with Crippen LogP contribution >= 0.6 is 0 Å². The molecular weight excluding hydrogens is 466 g/mol. The van der Waals surface area contributed by atoms with Crippen LogP contribution < -0.4 is 10.6 Å². The highest BCUT2D eigenvalue weighted by molar-refractivity contribution is 5.96. The Morgan fingerprint density at radius 2 is 1.89 bits per heavy atom. The fourth-order valence-electron chi connectivity index (χ4n) is 4.51. The van der Waals surface area contributed by atoms with E-state index in [1.165, 1.54) is 12.0 Å². The second-order valence-corrected chi connectivity index (χ2v) is 10.5. The summed E-state index contributed by atoms with van der Waals surface area (Å²) in [4.78, 5) is 52.9. The number of carbonyl (C=O) groups is 4. The molecule has 1 aliphatic heterocycles. The number of allylic oxidation sites excluding steroid dienone is 1. The summed E-state index contributed by atoms with van der Waals surface area (Å²) in [5.41, 5.74) is -1.96. The summed E-state index contributed by atoms with van der Waals surface area (Å²) < 4.78 is 10.2. The topological polar surface area (TPSA) is 134 Å². The number of rotatable bonds is 12. The van der Waals surface area contributed by atoms with Gasteiger partial charge in [-0.2, -0.15) is 0 Å². The quantitative estimate of drug-likeness (QED) is 0.209. The SMILES string of the molecule is C=CCCCCC[C@H](NC(=O)OC(C)(C)C)C(=O)N1C[C@H](O)C[C@H]1C(=O)N[C@]1(C(=O)OC)C[C@H]1C=C. The van der Waals surface area contributed by atoms with Gasteiger partial charge in [-0.1, -0.05) is 25.0 Å². The summed E-state index contributed by atoms with van der Waals surface area (Å²) in [6, 6.07) is -1.93. The van der Waals surface area contributed by atoms with Crippen molar-refractivity contribution in [2.75, 3.05) is 13.7 Å². The third kappa shape index (κ3) is 7.56. The minimum atomic E-state index is -1.21. The van der Waals surface area contributed by atoms with Crippen LogP contribution in [-0.2, 0) is 23.9 Å². The van der Waals surface area contributed by atoms with Crippen molar-refractivity contribution in [2.24, 2.45) is 5.92 Å². The maximum absolute atomic E-state index is 13.6. The van der Waals surface area contributed by atoms with Crippen LogP contribution in [0.1, 0.15) is 65.7 Å². The Balaban J connectivity index is 2.17.